The average Bonchev–Trinajstić information content (AvgIpc) is 2.86. The molecular formula is C15H24F3NO. The molecule has 116 valence electrons. The third kappa shape index (κ3) is 2.98. The maximum Gasteiger partial charge on any atom is 0.403 e. The van der Waals surface area contributed by atoms with E-state index in [2.05, 4.69) is 5.32 Å². The zero-order valence-electron chi connectivity index (χ0n) is 11.8. The van der Waals surface area contributed by atoms with Crippen LogP contribution in [0.15, 0.2) is 0 Å². The SMILES string of the molecule is FC(F)(F)C1CCCC(C2CCOC3(CCCC3)C2)N1. The van der Waals surface area contributed by atoms with E-state index in [0.29, 0.717) is 12.3 Å². The number of ether oxygens (including phenoxy) is 1. The molecule has 3 rings (SSSR count). The van der Waals surface area contributed by atoms with Gasteiger partial charge in [-0.3, -0.25) is 0 Å². The molecule has 0 aromatic rings. The smallest absolute Gasteiger partial charge is 0.375 e. The Morgan fingerprint density at radius 1 is 1.00 bits per heavy atom. The minimum Gasteiger partial charge on any atom is -0.375 e. The van der Waals surface area contributed by atoms with Crippen LogP contribution in [-0.2, 0) is 4.74 Å². The van der Waals surface area contributed by atoms with Crippen molar-refractivity contribution in [3.05, 3.63) is 0 Å². The van der Waals surface area contributed by atoms with Crippen molar-refractivity contribution in [1.29, 1.82) is 0 Å². The summed E-state index contributed by atoms with van der Waals surface area (Å²) in [6.07, 6.45) is 4.16. The lowest BCUT2D eigenvalue weighted by atomic mass is 9.77. The molecule has 3 aliphatic rings. The molecule has 0 radical (unpaired) electrons. The highest BCUT2D eigenvalue weighted by atomic mass is 19.4. The second-order valence-electron chi connectivity index (χ2n) is 6.79. The molecule has 1 N–H and O–H groups in total. The summed E-state index contributed by atoms with van der Waals surface area (Å²) in [5.41, 5.74) is -0.00419. The molecule has 2 aliphatic heterocycles. The third-order valence-electron chi connectivity index (χ3n) is 5.43. The van der Waals surface area contributed by atoms with Crippen LogP contribution in [-0.4, -0.2) is 30.5 Å². The van der Waals surface area contributed by atoms with Crippen molar-refractivity contribution < 1.29 is 17.9 Å². The molecule has 1 aliphatic carbocycles. The Morgan fingerprint density at radius 3 is 2.45 bits per heavy atom. The highest BCUT2D eigenvalue weighted by Gasteiger charge is 2.46. The fourth-order valence-corrected chi connectivity index (χ4v) is 4.37. The monoisotopic (exact) mass is 291 g/mol. The summed E-state index contributed by atoms with van der Waals surface area (Å²) < 4.78 is 44.7. The molecule has 2 heterocycles. The van der Waals surface area contributed by atoms with E-state index < -0.39 is 12.2 Å². The quantitative estimate of drug-likeness (QED) is 0.793. The van der Waals surface area contributed by atoms with E-state index in [1.807, 2.05) is 0 Å². The summed E-state index contributed by atoms with van der Waals surface area (Å²) in [4.78, 5) is 0. The van der Waals surface area contributed by atoms with Crippen LogP contribution in [0.4, 0.5) is 13.2 Å². The molecule has 5 heteroatoms. The Kier molecular flexibility index (Phi) is 4.01. The van der Waals surface area contributed by atoms with E-state index >= 15 is 0 Å². The third-order valence-corrected chi connectivity index (χ3v) is 5.43. The van der Waals surface area contributed by atoms with Gasteiger partial charge in [-0.05, 0) is 50.9 Å². The Labute approximate surface area is 118 Å². The molecule has 0 aromatic heterocycles. The number of hydrogen-bond acceptors (Lipinski definition) is 2. The van der Waals surface area contributed by atoms with Gasteiger partial charge in [-0.2, -0.15) is 13.2 Å². The molecule has 0 bridgehead atoms. The van der Waals surface area contributed by atoms with Gasteiger partial charge in [0.2, 0.25) is 0 Å². The minimum absolute atomic E-state index is 0.00419. The van der Waals surface area contributed by atoms with Gasteiger partial charge in [0.1, 0.15) is 6.04 Å². The van der Waals surface area contributed by atoms with Gasteiger partial charge in [-0.25, -0.2) is 0 Å². The van der Waals surface area contributed by atoms with Gasteiger partial charge in [-0.15, -0.1) is 0 Å². The van der Waals surface area contributed by atoms with E-state index in [0.717, 1.165) is 38.7 Å². The Bertz CT molecular complexity index is 339. The first-order valence-electron chi connectivity index (χ1n) is 7.95. The standard InChI is InChI=1S/C15H24F3NO/c16-15(17,18)13-5-3-4-12(19-13)11-6-9-20-14(10-11)7-1-2-8-14/h11-13,19H,1-10H2. The van der Waals surface area contributed by atoms with Crippen LogP contribution in [0.5, 0.6) is 0 Å². The fraction of sp³-hybridized carbons (Fsp3) is 1.00. The van der Waals surface area contributed by atoms with Crippen LogP contribution in [0.2, 0.25) is 0 Å². The molecule has 1 saturated carbocycles. The first-order valence-corrected chi connectivity index (χ1v) is 7.95. The van der Waals surface area contributed by atoms with Gasteiger partial charge >= 0.3 is 6.18 Å². The normalized spacial score (nSPS) is 38.2. The van der Waals surface area contributed by atoms with Crippen LogP contribution in [0.1, 0.15) is 57.8 Å². The summed E-state index contributed by atoms with van der Waals surface area (Å²) in [7, 11) is 0. The summed E-state index contributed by atoms with van der Waals surface area (Å²) in [5.74, 6) is 0.354. The molecular weight excluding hydrogens is 267 g/mol. The lowest BCUT2D eigenvalue weighted by Gasteiger charge is -2.44. The Hall–Kier alpha value is -0.290. The predicted molar refractivity (Wildman–Crippen MR) is 70.5 cm³/mol. The summed E-state index contributed by atoms with van der Waals surface area (Å²) >= 11 is 0. The van der Waals surface area contributed by atoms with E-state index in [9.17, 15) is 13.2 Å². The molecule has 1 spiro atoms. The number of nitrogens with one attached hydrogen (secondary N) is 1. The number of halogens is 3. The van der Waals surface area contributed by atoms with Gasteiger partial charge in [0.05, 0.1) is 5.60 Å². The molecule has 3 unspecified atom stereocenters. The van der Waals surface area contributed by atoms with Crippen LogP contribution in [0, 0.1) is 5.92 Å². The van der Waals surface area contributed by atoms with Crippen LogP contribution >= 0.6 is 0 Å². The van der Waals surface area contributed by atoms with Crippen molar-refractivity contribution in [2.24, 2.45) is 5.92 Å². The summed E-state index contributed by atoms with van der Waals surface area (Å²) in [6.45, 7) is 0.722. The highest BCUT2D eigenvalue weighted by molar-refractivity contribution is 4.96. The van der Waals surface area contributed by atoms with E-state index in [-0.39, 0.29) is 18.1 Å². The largest absolute Gasteiger partial charge is 0.403 e. The first-order chi connectivity index (χ1) is 9.49. The zero-order chi connectivity index (χ0) is 14.2. The van der Waals surface area contributed by atoms with Crippen molar-refractivity contribution in [3.8, 4) is 0 Å². The van der Waals surface area contributed by atoms with E-state index in [1.165, 1.54) is 12.8 Å². The maximum atomic E-state index is 12.9. The maximum absolute atomic E-state index is 12.9. The molecule has 0 amide bonds. The van der Waals surface area contributed by atoms with E-state index in [4.69, 9.17) is 4.74 Å². The number of rotatable bonds is 1. The van der Waals surface area contributed by atoms with Gasteiger partial charge in [-0.1, -0.05) is 12.8 Å². The van der Waals surface area contributed by atoms with Crippen molar-refractivity contribution in [3.63, 3.8) is 0 Å². The lowest BCUT2D eigenvalue weighted by molar-refractivity contribution is -0.167. The lowest BCUT2D eigenvalue weighted by Crippen LogP contribution is -2.55. The van der Waals surface area contributed by atoms with Crippen molar-refractivity contribution in [2.75, 3.05) is 6.61 Å². The fourth-order valence-electron chi connectivity index (χ4n) is 4.37. The van der Waals surface area contributed by atoms with Crippen LogP contribution < -0.4 is 5.32 Å². The van der Waals surface area contributed by atoms with Crippen molar-refractivity contribution >= 4 is 0 Å². The summed E-state index contributed by atoms with van der Waals surface area (Å²) in [5, 5.41) is 2.89. The molecule has 2 saturated heterocycles. The van der Waals surface area contributed by atoms with Crippen molar-refractivity contribution in [2.45, 2.75) is 81.6 Å². The topological polar surface area (TPSA) is 21.3 Å². The van der Waals surface area contributed by atoms with Gasteiger partial charge < -0.3 is 10.1 Å². The Balaban J connectivity index is 1.63. The first kappa shape index (κ1) is 14.6. The van der Waals surface area contributed by atoms with Gasteiger partial charge in [0.15, 0.2) is 0 Å². The average molecular weight is 291 g/mol. The summed E-state index contributed by atoms with van der Waals surface area (Å²) in [6, 6.07) is -1.28. The van der Waals surface area contributed by atoms with Crippen LogP contribution in [0.3, 0.4) is 0 Å². The van der Waals surface area contributed by atoms with Crippen LogP contribution in [0.25, 0.3) is 0 Å². The highest BCUT2D eigenvalue weighted by Crippen LogP contribution is 2.44. The van der Waals surface area contributed by atoms with Crippen molar-refractivity contribution in [1.82, 2.24) is 5.32 Å². The zero-order valence-corrected chi connectivity index (χ0v) is 11.8. The number of piperidine rings is 1. The minimum atomic E-state index is -4.10. The molecule has 3 atom stereocenters. The predicted octanol–water partition coefficient (Wildman–Crippen LogP) is 3.80. The molecule has 0 aromatic carbocycles. The number of alkyl halides is 3. The van der Waals surface area contributed by atoms with E-state index in [1.54, 1.807) is 0 Å². The Morgan fingerprint density at radius 2 is 1.75 bits per heavy atom. The van der Waals surface area contributed by atoms with Gasteiger partial charge in [0, 0.05) is 12.6 Å². The molecule has 3 fully saturated rings. The number of hydrogen-bond donors (Lipinski definition) is 1. The molecule has 2 nitrogen and oxygen atoms in total. The van der Waals surface area contributed by atoms with Gasteiger partial charge in [0.25, 0.3) is 0 Å². The molecule has 20 heavy (non-hydrogen) atoms. The second kappa shape index (κ2) is 5.48. The second-order valence-corrected chi connectivity index (χ2v) is 6.79.